The maximum atomic E-state index is 5.87. The van der Waals surface area contributed by atoms with Crippen LogP contribution in [0.3, 0.4) is 0 Å². The summed E-state index contributed by atoms with van der Waals surface area (Å²) in [7, 11) is 2.00. The van der Waals surface area contributed by atoms with Gasteiger partial charge in [-0.2, -0.15) is 0 Å². The normalized spacial score (nSPS) is 13.9. The smallest absolute Gasteiger partial charge is 0.0384 e. The van der Waals surface area contributed by atoms with Gasteiger partial charge in [0.2, 0.25) is 0 Å². The summed E-state index contributed by atoms with van der Waals surface area (Å²) >= 11 is 0. The predicted molar refractivity (Wildman–Crippen MR) is 70.6 cm³/mol. The Labute approximate surface area is 99.2 Å². The molecule has 3 N–H and O–H groups in total. The topological polar surface area (TPSA) is 38.0 Å². The molecule has 0 heterocycles. The van der Waals surface area contributed by atoms with E-state index in [9.17, 15) is 0 Å². The Balaban J connectivity index is 3.18. The van der Waals surface area contributed by atoms with Gasteiger partial charge in [0.15, 0.2) is 0 Å². The van der Waals surface area contributed by atoms with Gasteiger partial charge in [0.1, 0.15) is 0 Å². The third-order valence-electron chi connectivity index (χ3n) is 3.34. The second-order valence-electron chi connectivity index (χ2n) is 5.27. The molecule has 16 heavy (non-hydrogen) atoms. The first-order valence-electron chi connectivity index (χ1n) is 5.87. The Morgan fingerprint density at radius 2 is 1.94 bits per heavy atom. The molecule has 0 spiro atoms. The van der Waals surface area contributed by atoms with Crippen LogP contribution in [0.15, 0.2) is 18.2 Å². The molecular weight excluding hydrogens is 196 g/mol. The van der Waals surface area contributed by atoms with Gasteiger partial charge >= 0.3 is 0 Å². The van der Waals surface area contributed by atoms with Crippen LogP contribution in [0.2, 0.25) is 0 Å². The van der Waals surface area contributed by atoms with Gasteiger partial charge in [-0.1, -0.05) is 37.6 Å². The molecule has 1 atom stereocenters. The summed E-state index contributed by atoms with van der Waals surface area (Å²) in [6.45, 7) is 9.37. The largest absolute Gasteiger partial charge is 0.330 e. The van der Waals surface area contributed by atoms with E-state index in [0.717, 1.165) is 0 Å². The maximum Gasteiger partial charge on any atom is 0.0384 e. The molecule has 2 nitrogen and oxygen atoms in total. The summed E-state index contributed by atoms with van der Waals surface area (Å²) in [5.74, 6) is 0. The predicted octanol–water partition coefficient (Wildman–Crippen LogP) is 2.55. The highest BCUT2D eigenvalue weighted by Crippen LogP contribution is 2.34. The zero-order valence-electron chi connectivity index (χ0n) is 11.1. The van der Waals surface area contributed by atoms with Crippen molar-refractivity contribution in [1.29, 1.82) is 0 Å². The third-order valence-corrected chi connectivity index (χ3v) is 3.34. The maximum absolute atomic E-state index is 5.87. The second-order valence-corrected chi connectivity index (χ2v) is 5.27. The van der Waals surface area contributed by atoms with Gasteiger partial charge in [-0.05, 0) is 44.0 Å². The Hall–Kier alpha value is -0.860. The average Bonchev–Trinajstić information content (AvgIpc) is 2.24. The molecule has 1 aromatic rings. The van der Waals surface area contributed by atoms with Crippen LogP contribution in [0.1, 0.15) is 36.6 Å². The van der Waals surface area contributed by atoms with Gasteiger partial charge in [-0.3, -0.25) is 0 Å². The van der Waals surface area contributed by atoms with E-state index in [2.05, 4.69) is 51.2 Å². The fourth-order valence-electron chi connectivity index (χ4n) is 2.16. The van der Waals surface area contributed by atoms with Crippen molar-refractivity contribution in [2.24, 2.45) is 11.1 Å². The third kappa shape index (κ3) is 2.63. The molecule has 0 saturated heterocycles. The Bertz CT molecular complexity index is 356. The second kappa shape index (κ2) is 4.98. The van der Waals surface area contributed by atoms with E-state index < -0.39 is 0 Å². The van der Waals surface area contributed by atoms with Gasteiger partial charge in [0.05, 0.1) is 0 Å². The monoisotopic (exact) mass is 220 g/mol. The molecule has 0 aliphatic carbocycles. The van der Waals surface area contributed by atoms with Gasteiger partial charge in [0, 0.05) is 6.04 Å². The number of nitrogens with two attached hydrogens (primary N) is 1. The summed E-state index contributed by atoms with van der Waals surface area (Å²) in [6, 6.07) is 6.90. The summed E-state index contributed by atoms with van der Waals surface area (Å²) in [5.41, 5.74) is 9.92. The summed E-state index contributed by atoms with van der Waals surface area (Å²) in [5, 5.41) is 3.40. The average molecular weight is 220 g/mol. The minimum Gasteiger partial charge on any atom is -0.330 e. The van der Waals surface area contributed by atoms with Crippen molar-refractivity contribution < 1.29 is 0 Å². The minimum atomic E-state index is 0.0628. The first kappa shape index (κ1) is 13.2. The minimum absolute atomic E-state index is 0.0628. The van der Waals surface area contributed by atoms with E-state index >= 15 is 0 Å². The van der Waals surface area contributed by atoms with E-state index in [0.29, 0.717) is 12.6 Å². The van der Waals surface area contributed by atoms with Crippen LogP contribution >= 0.6 is 0 Å². The van der Waals surface area contributed by atoms with Gasteiger partial charge < -0.3 is 11.1 Å². The summed E-state index contributed by atoms with van der Waals surface area (Å²) < 4.78 is 0. The highest BCUT2D eigenvalue weighted by Gasteiger charge is 2.29. The van der Waals surface area contributed by atoms with Gasteiger partial charge in [-0.25, -0.2) is 0 Å². The van der Waals surface area contributed by atoms with Crippen molar-refractivity contribution in [2.45, 2.75) is 33.7 Å². The first-order chi connectivity index (χ1) is 7.42. The molecule has 1 unspecified atom stereocenters. The van der Waals surface area contributed by atoms with E-state index in [1.54, 1.807) is 0 Å². The molecule has 0 aliphatic heterocycles. The van der Waals surface area contributed by atoms with Crippen LogP contribution in [0.5, 0.6) is 0 Å². The molecule has 0 fully saturated rings. The fourth-order valence-corrected chi connectivity index (χ4v) is 2.16. The van der Waals surface area contributed by atoms with Crippen LogP contribution < -0.4 is 11.1 Å². The fraction of sp³-hybridized carbons (Fsp3) is 0.571. The van der Waals surface area contributed by atoms with Crippen molar-refractivity contribution >= 4 is 0 Å². The number of hydrogen-bond donors (Lipinski definition) is 2. The number of hydrogen-bond acceptors (Lipinski definition) is 2. The molecule has 90 valence electrons. The van der Waals surface area contributed by atoms with Crippen molar-refractivity contribution in [3.8, 4) is 0 Å². The first-order valence-corrected chi connectivity index (χ1v) is 5.87. The standard InChI is InChI=1S/C14H24N2/c1-10-6-7-11(2)12(8-10)13(16-5)14(3,4)9-15/h6-8,13,16H,9,15H2,1-5H3. The summed E-state index contributed by atoms with van der Waals surface area (Å²) in [6.07, 6.45) is 0. The molecular formula is C14H24N2. The molecule has 0 amide bonds. The highest BCUT2D eigenvalue weighted by molar-refractivity contribution is 5.34. The lowest BCUT2D eigenvalue weighted by Gasteiger charge is -2.34. The van der Waals surface area contributed by atoms with Crippen molar-refractivity contribution in [3.63, 3.8) is 0 Å². The van der Waals surface area contributed by atoms with E-state index in [4.69, 9.17) is 5.73 Å². The van der Waals surface area contributed by atoms with E-state index in [1.165, 1.54) is 16.7 Å². The van der Waals surface area contributed by atoms with Crippen LogP contribution in [0, 0.1) is 19.3 Å². The lowest BCUT2D eigenvalue weighted by molar-refractivity contribution is 0.265. The molecule has 1 rings (SSSR count). The SMILES string of the molecule is CNC(c1cc(C)ccc1C)C(C)(C)CN. The molecule has 0 radical (unpaired) electrons. The van der Waals surface area contributed by atoms with Crippen molar-refractivity contribution in [2.75, 3.05) is 13.6 Å². The number of rotatable bonds is 4. The summed E-state index contributed by atoms with van der Waals surface area (Å²) in [4.78, 5) is 0. The van der Waals surface area contributed by atoms with Crippen LogP contribution in [-0.4, -0.2) is 13.6 Å². The quantitative estimate of drug-likeness (QED) is 0.818. The zero-order chi connectivity index (χ0) is 12.3. The van der Waals surface area contributed by atoms with Crippen LogP contribution in [-0.2, 0) is 0 Å². The Kier molecular flexibility index (Phi) is 4.11. The number of benzene rings is 1. The molecule has 0 saturated carbocycles. The van der Waals surface area contributed by atoms with Crippen molar-refractivity contribution in [3.05, 3.63) is 34.9 Å². The lowest BCUT2D eigenvalue weighted by Crippen LogP contribution is -2.38. The van der Waals surface area contributed by atoms with Gasteiger partial charge in [0.25, 0.3) is 0 Å². The highest BCUT2D eigenvalue weighted by atomic mass is 14.9. The number of nitrogens with one attached hydrogen (secondary N) is 1. The molecule has 2 heteroatoms. The molecule has 1 aromatic carbocycles. The van der Waals surface area contributed by atoms with E-state index in [1.807, 2.05) is 7.05 Å². The number of aryl methyl sites for hydroxylation is 2. The Morgan fingerprint density at radius 3 is 2.44 bits per heavy atom. The van der Waals surface area contributed by atoms with Crippen LogP contribution in [0.4, 0.5) is 0 Å². The van der Waals surface area contributed by atoms with Gasteiger partial charge in [-0.15, -0.1) is 0 Å². The van der Waals surface area contributed by atoms with E-state index in [-0.39, 0.29) is 5.41 Å². The Morgan fingerprint density at radius 1 is 1.31 bits per heavy atom. The molecule has 0 bridgehead atoms. The van der Waals surface area contributed by atoms with Crippen molar-refractivity contribution in [1.82, 2.24) is 5.32 Å². The molecule has 0 aromatic heterocycles. The van der Waals surface area contributed by atoms with Crippen LogP contribution in [0.25, 0.3) is 0 Å². The lowest BCUT2D eigenvalue weighted by atomic mass is 9.79. The zero-order valence-corrected chi connectivity index (χ0v) is 11.1. The molecule has 0 aliphatic rings.